The summed E-state index contributed by atoms with van der Waals surface area (Å²) < 4.78 is 5.36. The number of hydrogen-bond acceptors (Lipinski definition) is 4. The molecule has 2 aliphatic heterocycles. The first kappa shape index (κ1) is 15.2. The Labute approximate surface area is 130 Å². The first-order valence-electron chi connectivity index (χ1n) is 7.87. The highest BCUT2D eigenvalue weighted by molar-refractivity contribution is 6.03. The molecule has 2 fully saturated rings. The van der Waals surface area contributed by atoms with Crippen molar-refractivity contribution in [2.45, 2.75) is 25.9 Å². The molecule has 1 aromatic carbocycles. The van der Waals surface area contributed by atoms with Gasteiger partial charge in [-0.25, -0.2) is 0 Å². The van der Waals surface area contributed by atoms with Crippen molar-refractivity contribution >= 4 is 11.8 Å². The van der Waals surface area contributed by atoms with Crippen molar-refractivity contribution < 1.29 is 14.3 Å². The van der Waals surface area contributed by atoms with Crippen LogP contribution in [0.25, 0.3) is 0 Å². The molecule has 0 aliphatic carbocycles. The van der Waals surface area contributed by atoms with Gasteiger partial charge in [0.2, 0.25) is 11.8 Å². The summed E-state index contributed by atoms with van der Waals surface area (Å²) in [5.74, 6) is -0.318. The highest BCUT2D eigenvalue weighted by atomic mass is 16.5. The molecule has 0 radical (unpaired) electrons. The summed E-state index contributed by atoms with van der Waals surface area (Å²) in [4.78, 5) is 28.6. The van der Waals surface area contributed by atoms with Gasteiger partial charge in [0.25, 0.3) is 0 Å². The van der Waals surface area contributed by atoms with Crippen molar-refractivity contribution in [2.75, 3.05) is 26.3 Å². The second-order valence-electron chi connectivity index (χ2n) is 6.00. The highest BCUT2D eigenvalue weighted by Crippen LogP contribution is 2.27. The van der Waals surface area contributed by atoms with Crippen LogP contribution in [0.1, 0.15) is 18.9 Å². The van der Waals surface area contributed by atoms with E-state index in [0.717, 1.165) is 18.7 Å². The molecule has 2 saturated heterocycles. The van der Waals surface area contributed by atoms with Gasteiger partial charge < -0.3 is 4.74 Å². The molecule has 5 nitrogen and oxygen atoms in total. The lowest BCUT2D eigenvalue weighted by Crippen LogP contribution is -2.47. The summed E-state index contributed by atoms with van der Waals surface area (Å²) in [7, 11) is 0. The molecule has 0 bridgehead atoms. The van der Waals surface area contributed by atoms with Gasteiger partial charge in [-0.2, -0.15) is 0 Å². The number of ether oxygens (including phenoxy) is 1. The van der Waals surface area contributed by atoms with Crippen LogP contribution in [0.2, 0.25) is 0 Å². The Morgan fingerprint density at radius 2 is 1.86 bits per heavy atom. The summed E-state index contributed by atoms with van der Waals surface area (Å²) in [5, 5.41) is 0. The van der Waals surface area contributed by atoms with Crippen molar-refractivity contribution in [3.8, 4) is 0 Å². The third-order valence-corrected chi connectivity index (χ3v) is 4.67. The van der Waals surface area contributed by atoms with Gasteiger partial charge in [-0.3, -0.25) is 19.4 Å². The average Bonchev–Trinajstić information content (AvgIpc) is 2.84. The minimum Gasteiger partial charge on any atom is -0.379 e. The average molecular weight is 302 g/mol. The fraction of sp³-hybridized carbons (Fsp3) is 0.529. The molecule has 0 aromatic heterocycles. The predicted molar refractivity (Wildman–Crippen MR) is 82.0 cm³/mol. The van der Waals surface area contributed by atoms with Crippen LogP contribution in [0, 0.1) is 5.92 Å². The molecule has 1 aromatic rings. The van der Waals surface area contributed by atoms with Gasteiger partial charge in [-0.1, -0.05) is 30.3 Å². The van der Waals surface area contributed by atoms with E-state index in [-0.39, 0.29) is 23.8 Å². The Morgan fingerprint density at radius 3 is 2.55 bits per heavy atom. The van der Waals surface area contributed by atoms with Crippen LogP contribution in [0.3, 0.4) is 0 Å². The first-order chi connectivity index (χ1) is 10.7. The quantitative estimate of drug-likeness (QED) is 0.786. The Hall–Kier alpha value is -1.72. The van der Waals surface area contributed by atoms with Crippen LogP contribution in [0.5, 0.6) is 0 Å². The number of likely N-dealkylation sites (tertiary alicyclic amines) is 1. The zero-order chi connectivity index (χ0) is 15.5. The van der Waals surface area contributed by atoms with Crippen molar-refractivity contribution in [2.24, 2.45) is 5.92 Å². The highest BCUT2D eigenvalue weighted by Gasteiger charge is 2.43. The molecular formula is C17H22N2O3. The number of carbonyl (C=O) groups excluding carboxylic acids is 2. The van der Waals surface area contributed by atoms with Gasteiger partial charge in [0.15, 0.2) is 0 Å². The van der Waals surface area contributed by atoms with Gasteiger partial charge in [-0.15, -0.1) is 0 Å². The normalized spacial score (nSPS) is 24.8. The molecule has 22 heavy (non-hydrogen) atoms. The number of hydrogen-bond donors (Lipinski definition) is 0. The van der Waals surface area contributed by atoms with Gasteiger partial charge in [0.1, 0.15) is 0 Å². The number of imide groups is 1. The van der Waals surface area contributed by atoms with E-state index in [4.69, 9.17) is 4.74 Å². The van der Waals surface area contributed by atoms with Gasteiger partial charge in [-0.05, 0) is 12.5 Å². The van der Waals surface area contributed by atoms with Crippen LogP contribution >= 0.6 is 0 Å². The molecule has 2 heterocycles. The van der Waals surface area contributed by atoms with E-state index in [1.165, 1.54) is 4.90 Å². The van der Waals surface area contributed by atoms with Gasteiger partial charge in [0, 0.05) is 25.6 Å². The zero-order valence-electron chi connectivity index (χ0n) is 12.9. The van der Waals surface area contributed by atoms with Crippen molar-refractivity contribution in [3.63, 3.8) is 0 Å². The summed E-state index contributed by atoms with van der Waals surface area (Å²) in [6, 6.07) is 9.75. The zero-order valence-corrected chi connectivity index (χ0v) is 12.9. The molecule has 118 valence electrons. The lowest BCUT2D eigenvalue weighted by Gasteiger charge is -2.34. The Morgan fingerprint density at radius 1 is 1.18 bits per heavy atom. The molecule has 2 atom stereocenters. The predicted octanol–water partition coefficient (Wildman–Crippen LogP) is 1.28. The second kappa shape index (κ2) is 6.58. The molecule has 2 aliphatic rings. The van der Waals surface area contributed by atoms with E-state index in [9.17, 15) is 9.59 Å². The summed E-state index contributed by atoms with van der Waals surface area (Å²) in [5.41, 5.74) is 0.990. The fourth-order valence-electron chi connectivity index (χ4n) is 3.26. The van der Waals surface area contributed by atoms with Gasteiger partial charge >= 0.3 is 0 Å². The van der Waals surface area contributed by atoms with E-state index in [2.05, 4.69) is 4.90 Å². The molecule has 5 heteroatoms. The van der Waals surface area contributed by atoms with Crippen molar-refractivity contribution in [1.82, 2.24) is 9.80 Å². The summed E-state index contributed by atoms with van der Waals surface area (Å²) in [6.07, 6.45) is 0.324. The topological polar surface area (TPSA) is 49.9 Å². The maximum atomic E-state index is 12.7. The van der Waals surface area contributed by atoms with E-state index in [1.807, 2.05) is 37.3 Å². The molecule has 3 rings (SSSR count). The second-order valence-corrected chi connectivity index (χ2v) is 6.00. The summed E-state index contributed by atoms with van der Waals surface area (Å²) >= 11 is 0. The molecule has 0 saturated carbocycles. The maximum absolute atomic E-state index is 12.7. The lowest BCUT2D eigenvalue weighted by molar-refractivity contribution is -0.140. The third-order valence-electron chi connectivity index (χ3n) is 4.67. The maximum Gasteiger partial charge on any atom is 0.234 e. The Kier molecular flexibility index (Phi) is 4.55. The number of amides is 2. The van der Waals surface area contributed by atoms with Crippen molar-refractivity contribution in [1.29, 1.82) is 0 Å². The number of benzene rings is 1. The Balaban J connectivity index is 1.68. The number of rotatable bonds is 4. The molecular weight excluding hydrogens is 280 g/mol. The SMILES string of the molecule is C[C@@H](C1CC(=O)N(Cc2ccccc2)C1=O)N1CCOCC1. The third kappa shape index (κ3) is 3.05. The summed E-state index contributed by atoms with van der Waals surface area (Å²) in [6.45, 7) is 5.49. The lowest BCUT2D eigenvalue weighted by atomic mass is 9.97. The molecule has 0 spiro atoms. The monoisotopic (exact) mass is 302 g/mol. The standard InChI is InChI=1S/C17H22N2O3/c1-13(18-7-9-22-10-8-18)15-11-16(20)19(17(15)21)12-14-5-3-2-4-6-14/h2-6,13,15H,7-12H2,1H3/t13-,15?/m0/s1. The minimum absolute atomic E-state index is 0.0344. The van der Waals surface area contributed by atoms with Crippen LogP contribution in [0.4, 0.5) is 0 Å². The number of morpholine rings is 1. The minimum atomic E-state index is -0.227. The molecule has 0 N–H and O–H groups in total. The van der Waals surface area contributed by atoms with Crippen LogP contribution in [-0.4, -0.2) is 54.0 Å². The van der Waals surface area contributed by atoms with E-state index in [1.54, 1.807) is 0 Å². The van der Waals surface area contributed by atoms with E-state index >= 15 is 0 Å². The van der Waals surface area contributed by atoms with Crippen LogP contribution < -0.4 is 0 Å². The smallest absolute Gasteiger partial charge is 0.234 e. The number of carbonyl (C=O) groups is 2. The molecule has 1 unspecified atom stereocenters. The van der Waals surface area contributed by atoms with E-state index < -0.39 is 0 Å². The molecule has 2 amide bonds. The van der Waals surface area contributed by atoms with Gasteiger partial charge in [0.05, 0.1) is 25.7 Å². The Bertz CT molecular complexity index is 540. The number of nitrogens with zero attached hydrogens (tertiary/aromatic N) is 2. The van der Waals surface area contributed by atoms with Crippen LogP contribution in [0.15, 0.2) is 30.3 Å². The fourth-order valence-corrected chi connectivity index (χ4v) is 3.26. The van der Waals surface area contributed by atoms with Crippen LogP contribution in [-0.2, 0) is 20.9 Å². The van der Waals surface area contributed by atoms with Crippen molar-refractivity contribution in [3.05, 3.63) is 35.9 Å². The first-order valence-corrected chi connectivity index (χ1v) is 7.87. The van der Waals surface area contributed by atoms with E-state index in [0.29, 0.717) is 26.2 Å². The largest absolute Gasteiger partial charge is 0.379 e.